The van der Waals surface area contributed by atoms with Gasteiger partial charge in [0.05, 0.1) is 17.6 Å². The first-order valence-electron chi connectivity index (χ1n) is 10.2. The van der Waals surface area contributed by atoms with Gasteiger partial charge in [0.15, 0.2) is 0 Å². The molecule has 4 nitrogen and oxygen atoms in total. The predicted molar refractivity (Wildman–Crippen MR) is 122 cm³/mol. The van der Waals surface area contributed by atoms with Gasteiger partial charge >= 0.3 is 0 Å². The summed E-state index contributed by atoms with van der Waals surface area (Å²) >= 11 is 6.39. The topological polar surface area (TPSA) is 62.1 Å². The highest BCUT2D eigenvalue weighted by Gasteiger charge is 2.18. The Bertz CT molecular complexity index is 1320. The van der Waals surface area contributed by atoms with Crippen molar-refractivity contribution in [1.29, 1.82) is 0 Å². The molecule has 0 fully saturated rings. The molecule has 152 valence electrons. The van der Waals surface area contributed by atoms with Gasteiger partial charge in [-0.3, -0.25) is 0 Å². The van der Waals surface area contributed by atoms with E-state index in [4.69, 9.17) is 21.0 Å². The number of hydrogen-bond acceptors (Lipinski definition) is 3. The predicted octanol–water partition coefficient (Wildman–Crippen LogP) is 6.53. The van der Waals surface area contributed by atoms with Gasteiger partial charge in [-0.25, -0.2) is 4.98 Å². The van der Waals surface area contributed by atoms with Crippen LogP contribution in [0.3, 0.4) is 0 Å². The summed E-state index contributed by atoms with van der Waals surface area (Å²) in [4.78, 5) is 8.12. The molecule has 0 saturated heterocycles. The Balaban J connectivity index is 1.38. The SMILES string of the molecule is CC(C)c1cc2cc(Cl)cc(CC3=CC=C(c4nc5cc(CO)ccc5[nH]4)C3)c2o1. The molecule has 0 saturated carbocycles. The molecular weight excluding hydrogens is 396 g/mol. The normalized spacial score (nSPS) is 14.2. The van der Waals surface area contributed by atoms with E-state index < -0.39 is 0 Å². The summed E-state index contributed by atoms with van der Waals surface area (Å²) in [6, 6.07) is 11.9. The van der Waals surface area contributed by atoms with Crippen molar-refractivity contribution in [2.45, 2.75) is 39.2 Å². The van der Waals surface area contributed by atoms with Gasteiger partial charge in [-0.05, 0) is 54.3 Å². The fourth-order valence-corrected chi connectivity index (χ4v) is 4.28. The summed E-state index contributed by atoms with van der Waals surface area (Å²) < 4.78 is 6.16. The molecule has 5 heteroatoms. The number of fused-ring (bicyclic) bond motifs is 2. The van der Waals surface area contributed by atoms with Crippen LogP contribution in [0.2, 0.25) is 5.02 Å². The van der Waals surface area contributed by atoms with E-state index in [0.717, 1.165) is 68.2 Å². The highest BCUT2D eigenvalue weighted by atomic mass is 35.5. The smallest absolute Gasteiger partial charge is 0.137 e. The van der Waals surface area contributed by atoms with Crippen LogP contribution in [-0.4, -0.2) is 15.1 Å². The molecule has 0 atom stereocenters. The highest BCUT2D eigenvalue weighted by Crippen LogP contribution is 2.35. The number of aromatic nitrogens is 2. The van der Waals surface area contributed by atoms with Crippen LogP contribution in [0.4, 0.5) is 0 Å². The van der Waals surface area contributed by atoms with Crippen LogP contribution >= 0.6 is 11.6 Å². The number of nitrogens with zero attached hydrogens (tertiary/aromatic N) is 1. The summed E-state index contributed by atoms with van der Waals surface area (Å²) in [5.74, 6) is 2.20. The van der Waals surface area contributed by atoms with Crippen LogP contribution in [0.5, 0.6) is 0 Å². The first-order chi connectivity index (χ1) is 14.5. The zero-order valence-electron chi connectivity index (χ0n) is 17.0. The number of aliphatic hydroxyl groups is 1. The van der Waals surface area contributed by atoms with Gasteiger partial charge in [-0.15, -0.1) is 0 Å². The standard InChI is InChI=1S/C25H23ClN2O2/c1-14(2)23-12-19-11-20(26)10-18(24(19)30-23)8-15-3-5-17(7-15)25-27-21-6-4-16(13-29)9-22(21)28-25/h3-6,9-12,14,29H,7-8,13H2,1-2H3,(H,27,28). The molecular formula is C25H23ClN2O2. The second-order valence-electron chi connectivity index (χ2n) is 8.25. The quantitative estimate of drug-likeness (QED) is 0.387. The van der Waals surface area contributed by atoms with Gasteiger partial charge in [-0.1, -0.05) is 49.2 Å². The number of nitrogens with one attached hydrogen (secondary N) is 1. The number of aromatic amines is 1. The number of aliphatic hydroxyl groups excluding tert-OH is 1. The number of hydrogen-bond donors (Lipinski definition) is 2. The molecule has 0 spiro atoms. The molecule has 0 aliphatic heterocycles. The molecule has 0 radical (unpaired) electrons. The number of benzene rings is 2. The fraction of sp³-hybridized carbons (Fsp3) is 0.240. The van der Waals surface area contributed by atoms with Crippen molar-refractivity contribution in [2.75, 3.05) is 0 Å². The van der Waals surface area contributed by atoms with Crippen LogP contribution in [-0.2, 0) is 13.0 Å². The van der Waals surface area contributed by atoms with E-state index in [-0.39, 0.29) is 6.61 Å². The van der Waals surface area contributed by atoms with Gasteiger partial charge in [0, 0.05) is 21.9 Å². The third-order valence-corrected chi connectivity index (χ3v) is 5.85. The summed E-state index contributed by atoms with van der Waals surface area (Å²) in [7, 11) is 0. The molecule has 0 amide bonds. The largest absolute Gasteiger partial charge is 0.461 e. The third kappa shape index (κ3) is 3.47. The van der Waals surface area contributed by atoms with Crippen molar-refractivity contribution in [3.63, 3.8) is 0 Å². The summed E-state index contributed by atoms with van der Waals surface area (Å²) in [6.07, 6.45) is 5.92. The number of imidazole rings is 1. The minimum atomic E-state index is 0.0198. The van der Waals surface area contributed by atoms with E-state index in [9.17, 15) is 5.11 Å². The molecule has 1 aliphatic rings. The fourth-order valence-electron chi connectivity index (χ4n) is 4.03. The Morgan fingerprint density at radius 2 is 2.03 bits per heavy atom. The van der Waals surface area contributed by atoms with Crippen molar-refractivity contribution in [1.82, 2.24) is 9.97 Å². The van der Waals surface area contributed by atoms with Crippen LogP contribution in [0.15, 0.2) is 58.5 Å². The second kappa shape index (κ2) is 7.46. The van der Waals surface area contributed by atoms with Gasteiger partial charge < -0.3 is 14.5 Å². The number of halogens is 1. The van der Waals surface area contributed by atoms with Gasteiger partial charge in [-0.2, -0.15) is 0 Å². The Kier molecular flexibility index (Phi) is 4.76. The lowest BCUT2D eigenvalue weighted by molar-refractivity contribution is 0.282. The van der Waals surface area contributed by atoms with Crippen LogP contribution in [0, 0.1) is 0 Å². The average Bonchev–Trinajstić information content (AvgIpc) is 3.44. The molecule has 5 rings (SSSR count). The second-order valence-corrected chi connectivity index (χ2v) is 8.69. The lowest BCUT2D eigenvalue weighted by atomic mass is 10.0. The zero-order valence-corrected chi connectivity index (χ0v) is 17.8. The first-order valence-corrected chi connectivity index (χ1v) is 10.6. The van der Waals surface area contributed by atoms with Crippen molar-refractivity contribution < 1.29 is 9.52 Å². The minimum Gasteiger partial charge on any atom is -0.461 e. The van der Waals surface area contributed by atoms with Crippen LogP contribution in [0.1, 0.15) is 48.9 Å². The Morgan fingerprint density at radius 1 is 1.17 bits per heavy atom. The molecule has 30 heavy (non-hydrogen) atoms. The Labute approximate surface area is 179 Å². The van der Waals surface area contributed by atoms with Gasteiger partial charge in [0.2, 0.25) is 0 Å². The maximum Gasteiger partial charge on any atom is 0.137 e. The van der Waals surface area contributed by atoms with Crippen molar-refractivity contribution in [3.8, 4) is 0 Å². The van der Waals surface area contributed by atoms with E-state index >= 15 is 0 Å². The number of furan rings is 1. The molecule has 2 N–H and O–H groups in total. The highest BCUT2D eigenvalue weighted by molar-refractivity contribution is 6.31. The average molecular weight is 419 g/mol. The Morgan fingerprint density at radius 3 is 2.83 bits per heavy atom. The van der Waals surface area contributed by atoms with E-state index in [0.29, 0.717) is 5.92 Å². The minimum absolute atomic E-state index is 0.0198. The number of H-pyrrole nitrogens is 1. The lowest BCUT2D eigenvalue weighted by Crippen LogP contribution is -1.92. The number of rotatable bonds is 5. The molecule has 4 aromatic rings. The summed E-state index contributed by atoms with van der Waals surface area (Å²) in [5, 5.41) is 11.1. The van der Waals surface area contributed by atoms with E-state index in [1.807, 2.05) is 30.3 Å². The van der Waals surface area contributed by atoms with Crippen molar-refractivity contribution in [2.24, 2.45) is 0 Å². The first kappa shape index (κ1) is 19.2. The molecule has 0 bridgehead atoms. The van der Waals surface area contributed by atoms with E-state index in [1.54, 1.807) is 0 Å². The maximum absolute atomic E-state index is 9.34. The monoisotopic (exact) mass is 418 g/mol. The van der Waals surface area contributed by atoms with Crippen molar-refractivity contribution >= 4 is 39.2 Å². The molecule has 2 aromatic carbocycles. The molecule has 1 aliphatic carbocycles. The van der Waals surface area contributed by atoms with Crippen molar-refractivity contribution in [3.05, 3.63) is 81.9 Å². The summed E-state index contributed by atoms with van der Waals surface area (Å²) in [5.41, 5.74) is 7.22. The third-order valence-electron chi connectivity index (χ3n) is 5.64. The molecule has 0 unspecified atom stereocenters. The number of allylic oxidation sites excluding steroid dienone is 4. The lowest BCUT2D eigenvalue weighted by Gasteiger charge is -2.06. The zero-order chi connectivity index (χ0) is 20.8. The van der Waals surface area contributed by atoms with E-state index in [1.165, 1.54) is 5.57 Å². The molecule has 2 aromatic heterocycles. The Hall–Kier alpha value is -2.82. The van der Waals surface area contributed by atoms with Gasteiger partial charge in [0.1, 0.15) is 17.2 Å². The summed E-state index contributed by atoms with van der Waals surface area (Å²) in [6.45, 7) is 4.28. The van der Waals surface area contributed by atoms with Crippen LogP contribution < -0.4 is 0 Å². The molecule has 2 heterocycles. The maximum atomic E-state index is 9.34. The van der Waals surface area contributed by atoms with Crippen LogP contribution in [0.25, 0.3) is 27.6 Å². The van der Waals surface area contributed by atoms with Gasteiger partial charge in [0.25, 0.3) is 0 Å². The van der Waals surface area contributed by atoms with E-state index in [2.05, 4.69) is 37.0 Å².